The van der Waals surface area contributed by atoms with E-state index in [2.05, 4.69) is 0 Å². The Morgan fingerprint density at radius 3 is 2.62 bits per heavy atom. The fraction of sp³-hybridized carbons (Fsp3) is 0.333. The number of aryl methyl sites for hydroxylation is 1. The molecular weight excluding hydrogens is 179 g/mol. The lowest BCUT2D eigenvalue weighted by atomic mass is 10.1. The van der Waals surface area contributed by atoms with Gasteiger partial charge in [0.1, 0.15) is 0 Å². The van der Waals surface area contributed by atoms with Crippen molar-refractivity contribution in [3.05, 3.63) is 34.6 Å². The predicted octanol–water partition coefficient (Wildman–Crippen LogP) is 2.05. The molecule has 0 aromatic heterocycles. The zero-order chi connectivity index (χ0) is 9.59. The van der Waals surface area contributed by atoms with Crippen molar-refractivity contribution in [3.63, 3.8) is 0 Å². The third-order valence-corrected chi connectivity index (χ3v) is 2.38. The van der Waals surface area contributed by atoms with Crippen LogP contribution >= 0.6 is 0 Å². The second kappa shape index (κ2) is 2.73. The summed E-state index contributed by atoms with van der Waals surface area (Å²) in [6.45, 7) is 0. The van der Waals surface area contributed by atoms with Crippen molar-refractivity contribution < 1.29 is 13.2 Å². The van der Waals surface area contributed by atoms with Gasteiger partial charge in [-0.3, -0.25) is 0 Å². The molecule has 1 aliphatic rings. The van der Waals surface area contributed by atoms with E-state index in [-0.39, 0.29) is 5.56 Å². The highest BCUT2D eigenvalue weighted by molar-refractivity contribution is 5.36. The number of hydrogen-bond donors (Lipinski definition) is 1. The summed E-state index contributed by atoms with van der Waals surface area (Å²) in [6.07, 6.45) is 1.07. The van der Waals surface area contributed by atoms with E-state index in [0.717, 1.165) is 6.07 Å². The Labute approximate surface area is 73.4 Å². The molecule has 1 aromatic carbocycles. The van der Waals surface area contributed by atoms with E-state index in [1.54, 1.807) is 0 Å². The van der Waals surface area contributed by atoms with E-state index in [1.807, 2.05) is 0 Å². The molecule has 0 aliphatic heterocycles. The number of benzene rings is 1. The SMILES string of the molecule is N[C@@H]1CCc2cc(F)c(F)c(F)c21. The fourth-order valence-electron chi connectivity index (χ4n) is 1.72. The first kappa shape index (κ1) is 8.56. The standard InChI is InChI=1S/C9H8F3N/c10-5-3-4-1-2-6(13)7(4)9(12)8(5)11/h3,6H,1-2,13H2/t6-/m1/s1. The number of nitrogens with two attached hydrogens (primary N) is 1. The lowest BCUT2D eigenvalue weighted by Crippen LogP contribution is -2.09. The number of fused-ring (bicyclic) bond motifs is 1. The van der Waals surface area contributed by atoms with E-state index < -0.39 is 23.5 Å². The normalized spacial score (nSPS) is 20.5. The second-order valence-electron chi connectivity index (χ2n) is 3.20. The van der Waals surface area contributed by atoms with Gasteiger partial charge in [-0.05, 0) is 24.5 Å². The fourth-order valence-corrected chi connectivity index (χ4v) is 1.72. The summed E-state index contributed by atoms with van der Waals surface area (Å²) in [5.41, 5.74) is 6.16. The average Bonchev–Trinajstić information content (AvgIpc) is 2.43. The molecule has 1 aromatic rings. The van der Waals surface area contributed by atoms with Gasteiger partial charge in [-0.15, -0.1) is 0 Å². The van der Waals surface area contributed by atoms with Crippen molar-refractivity contribution in [3.8, 4) is 0 Å². The Balaban J connectivity index is 2.68. The van der Waals surface area contributed by atoms with Crippen LogP contribution in [-0.2, 0) is 6.42 Å². The first-order valence-corrected chi connectivity index (χ1v) is 4.03. The highest BCUT2D eigenvalue weighted by atomic mass is 19.2. The molecular formula is C9H8F3N. The molecule has 4 heteroatoms. The summed E-state index contributed by atoms with van der Waals surface area (Å²) < 4.78 is 38.6. The smallest absolute Gasteiger partial charge is 0.194 e. The van der Waals surface area contributed by atoms with Crippen molar-refractivity contribution in [2.24, 2.45) is 5.73 Å². The van der Waals surface area contributed by atoms with Gasteiger partial charge in [0.15, 0.2) is 17.5 Å². The van der Waals surface area contributed by atoms with Gasteiger partial charge in [0.2, 0.25) is 0 Å². The lowest BCUT2D eigenvalue weighted by Gasteiger charge is -2.07. The number of hydrogen-bond acceptors (Lipinski definition) is 1. The van der Waals surface area contributed by atoms with Gasteiger partial charge in [0, 0.05) is 11.6 Å². The van der Waals surface area contributed by atoms with Crippen LogP contribution in [0.3, 0.4) is 0 Å². The first-order valence-electron chi connectivity index (χ1n) is 4.03. The van der Waals surface area contributed by atoms with Gasteiger partial charge in [-0.2, -0.15) is 0 Å². The van der Waals surface area contributed by atoms with E-state index in [4.69, 9.17) is 5.73 Å². The predicted molar refractivity (Wildman–Crippen MR) is 41.6 cm³/mol. The van der Waals surface area contributed by atoms with Crippen molar-refractivity contribution in [2.45, 2.75) is 18.9 Å². The van der Waals surface area contributed by atoms with Gasteiger partial charge in [0.25, 0.3) is 0 Å². The van der Waals surface area contributed by atoms with Crippen LogP contribution in [0.15, 0.2) is 6.07 Å². The molecule has 13 heavy (non-hydrogen) atoms. The van der Waals surface area contributed by atoms with Crippen LogP contribution < -0.4 is 5.73 Å². The van der Waals surface area contributed by atoms with Crippen molar-refractivity contribution in [1.82, 2.24) is 0 Å². The first-order chi connectivity index (χ1) is 6.11. The molecule has 0 fully saturated rings. The average molecular weight is 187 g/mol. The molecule has 0 bridgehead atoms. The van der Waals surface area contributed by atoms with Gasteiger partial charge in [-0.25, -0.2) is 13.2 Å². The summed E-state index contributed by atoms with van der Waals surface area (Å²) in [4.78, 5) is 0. The minimum Gasteiger partial charge on any atom is -0.324 e. The maximum absolute atomic E-state index is 13.1. The molecule has 0 amide bonds. The van der Waals surface area contributed by atoms with Crippen LogP contribution in [0.4, 0.5) is 13.2 Å². The Kier molecular flexibility index (Phi) is 1.80. The quantitative estimate of drug-likeness (QED) is 0.618. The largest absolute Gasteiger partial charge is 0.324 e. The highest BCUT2D eigenvalue weighted by Crippen LogP contribution is 2.33. The summed E-state index contributed by atoms with van der Waals surface area (Å²) >= 11 is 0. The summed E-state index contributed by atoms with van der Waals surface area (Å²) in [6, 6.07) is 0.533. The van der Waals surface area contributed by atoms with Crippen molar-refractivity contribution in [2.75, 3.05) is 0 Å². The molecule has 0 saturated carbocycles. The molecule has 0 heterocycles. The molecule has 0 unspecified atom stereocenters. The molecule has 70 valence electrons. The molecule has 1 atom stereocenters. The van der Waals surface area contributed by atoms with Crippen LogP contribution in [0, 0.1) is 17.5 Å². The van der Waals surface area contributed by atoms with Crippen molar-refractivity contribution in [1.29, 1.82) is 0 Å². The molecule has 2 N–H and O–H groups in total. The van der Waals surface area contributed by atoms with Gasteiger partial charge in [0.05, 0.1) is 0 Å². The minimum absolute atomic E-state index is 0.138. The van der Waals surface area contributed by atoms with E-state index >= 15 is 0 Å². The van der Waals surface area contributed by atoms with E-state index in [0.29, 0.717) is 18.4 Å². The monoisotopic (exact) mass is 187 g/mol. The number of rotatable bonds is 0. The number of halogens is 3. The maximum atomic E-state index is 13.1. The topological polar surface area (TPSA) is 26.0 Å². The van der Waals surface area contributed by atoms with Crippen LogP contribution in [0.2, 0.25) is 0 Å². The molecule has 1 aliphatic carbocycles. The molecule has 0 radical (unpaired) electrons. The van der Waals surface area contributed by atoms with E-state index in [9.17, 15) is 13.2 Å². The summed E-state index contributed by atoms with van der Waals surface area (Å²) in [7, 11) is 0. The van der Waals surface area contributed by atoms with Crippen LogP contribution in [0.25, 0.3) is 0 Å². The van der Waals surface area contributed by atoms with Crippen LogP contribution in [0.1, 0.15) is 23.6 Å². The Bertz CT molecular complexity index is 362. The second-order valence-corrected chi connectivity index (χ2v) is 3.20. The zero-order valence-electron chi connectivity index (χ0n) is 6.78. The molecule has 1 nitrogen and oxygen atoms in total. The Hall–Kier alpha value is -1.03. The van der Waals surface area contributed by atoms with Gasteiger partial charge < -0.3 is 5.73 Å². The lowest BCUT2D eigenvalue weighted by molar-refractivity contribution is 0.438. The van der Waals surface area contributed by atoms with E-state index in [1.165, 1.54) is 0 Å². The van der Waals surface area contributed by atoms with Crippen LogP contribution in [0.5, 0.6) is 0 Å². The highest BCUT2D eigenvalue weighted by Gasteiger charge is 2.27. The van der Waals surface area contributed by atoms with Gasteiger partial charge in [-0.1, -0.05) is 0 Å². The minimum atomic E-state index is -1.42. The molecule has 0 saturated heterocycles. The Morgan fingerprint density at radius 1 is 1.23 bits per heavy atom. The summed E-state index contributed by atoms with van der Waals surface area (Å²) in [5, 5.41) is 0. The van der Waals surface area contributed by atoms with Crippen molar-refractivity contribution >= 4 is 0 Å². The molecule has 2 rings (SSSR count). The Morgan fingerprint density at radius 2 is 1.92 bits per heavy atom. The third kappa shape index (κ3) is 1.13. The van der Waals surface area contributed by atoms with Crippen LogP contribution in [-0.4, -0.2) is 0 Å². The summed E-state index contributed by atoms with van der Waals surface area (Å²) in [5.74, 6) is -3.68. The maximum Gasteiger partial charge on any atom is 0.194 e. The zero-order valence-corrected chi connectivity index (χ0v) is 6.78. The third-order valence-electron chi connectivity index (χ3n) is 2.38. The molecule has 0 spiro atoms. The van der Waals surface area contributed by atoms with Gasteiger partial charge >= 0.3 is 0 Å².